The van der Waals surface area contributed by atoms with Gasteiger partial charge in [0.15, 0.2) is 15.8 Å². The molecule has 0 spiro atoms. The third-order valence-corrected chi connectivity index (χ3v) is 5.64. The van der Waals surface area contributed by atoms with E-state index >= 15 is 0 Å². The van der Waals surface area contributed by atoms with Crippen LogP contribution in [0.4, 0.5) is 0 Å². The first-order chi connectivity index (χ1) is 14.3. The zero-order chi connectivity index (χ0) is 21.6. The maximum atomic E-state index is 11.5. The van der Waals surface area contributed by atoms with Crippen molar-refractivity contribution in [2.45, 2.75) is 17.9 Å². The van der Waals surface area contributed by atoms with Crippen LogP contribution in [0.2, 0.25) is 5.02 Å². The third-order valence-electron chi connectivity index (χ3n) is 4.26. The maximum absolute atomic E-state index is 11.5. The van der Waals surface area contributed by atoms with Crippen molar-refractivity contribution in [3.8, 4) is 11.4 Å². The average molecular weight is 448 g/mol. The van der Waals surface area contributed by atoms with Crippen molar-refractivity contribution in [3.05, 3.63) is 65.0 Å². The van der Waals surface area contributed by atoms with Crippen molar-refractivity contribution in [1.82, 2.24) is 20.8 Å². The summed E-state index contributed by atoms with van der Waals surface area (Å²) in [6, 6.07) is 14.0. The predicted molar refractivity (Wildman–Crippen MR) is 116 cm³/mol. The Balaban J connectivity index is 1.48. The highest BCUT2D eigenvalue weighted by atomic mass is 35.5. The topological polar surface area (TPSA) is 109 Å². The standard InChI is InChI=1S/C20H22ClN5O3S/c1-22-20(23-12-11-14-3-9-17(10-4-14)30(2,27)28)24-13-18-25-19(26-29-18)15-5-7-16(21)8-6-15/h3-10H,11-13H2,1-2H3,(H2,22,23,24). The summed E-state index contributed by atoms with van der Waals surface area (Å²) in [7, 11) is -1.51. The molecule has 0 fully saturated rings. The van der Waals surface area contributed by atoms with E-state index in [9.17, 15) is 8.42 Å². The van der Waals surface area contributed by atoms with Crippen LogP contribution in [0.3, 0.4) is 0 Å². The number of benzene rings is 2. The van der Waals surface area contributed by atoms with Gasteiger partial charge in [-0.2, -0.15) is 4.98 Å². The van der Waals surface area contributed by atoms with E-state index in [-0.39, 0.29) is 0 Å². The number of sulfone groups is 1. The molecule has 0 saturated carbocycles. The lowest BCUT2D eigenvalue weighted by Gasteiger charge is -2.10. The summed E-state index contributed by atoms with van der Waals surface area (Å²) in [5, 5.41) is 10.9. The van der Waals surface area contributed by atoms with Gasteiger partial charge in [0, 0.05) is 30.4 Å². The van der Waals surface area contributed by atoms with Gasteiger partial charge in [0.1, 0.15) is 0 Å². The summed E-state index contributed by atoms with van der Waals surface area (Å²) in [4.78, 5) is 8.84. The van der Waals surface area contributed by atoms with Gasteiger partial charge in [-0.3, -0.25) is 4.99 Å². The van der Waals surface area contributed by atoms with E-state index in [2.05, 4.69) is 25.8 Å². The highest BCUT2D eigenvalue weighted by molar-refractivity contribution is 7.90. The van der Waals surface area contributed by atoms with Crippen LogP contribution < -0.4 is 10.6 Å². The van der Waals surface area contributed by atoms with E-state index in [4.69, 9.17) is 16.1 Å². The minimum absolute atomic E-state index is 0.314. The van der Waals surface area contributed by atoms with Crippen LogP contribution in [0, 0.1) is 0 Å². The first-order valence-corrected chi connectivity index (χ1v) is 11.4. The molecule has 0 atom stereocenters. The summed E-state index contributed by atoms with van der Waals surface area (Å²) in [6.07, 6.45) is 1.91. The molecule has 1 heterocycles. The molecule has 0 amide bonds. The second kappa shape index (κ2) is 9.73. The van der Waals surface area contributed by atoms with Gasteiger partial charge in [-0.15, -0.1) is 0 Å². The second-order valence-electron chi connectivity index (χ2n) is 6.54. The monoisotopic (exact) mass is 447 g/mol. The van der Waals surface area contributed by atoms with Gasteiger partial charge < -0.3 is 15.2 Å². The van der Waals surface area contributed by atoms with Crippen molar-refractivity contribution in [2.24, 2.45) is 4.99 Å². The Bertz CT molecular complexity index is 1110. The molecule has 30 heavy (non-hydrogen) atoms. The Morgan fingerprint density at radius 3 is 2.43 bits per heavy atom. The Hall–Kier alpha value is -2.91. The number of aromatic nitrogens is 2. The number of rotatable bonds is 7. The molecule has 10 heteroatoms. The van der Waals surface area contributed by atoms with Crippen molar-refractivity contribution in [1.29, 1.82) is 0 Å². The quantitative estimate of drug-likeness (QED) is 0.423. The van der Waals surface area contributed by atoms with Gasteiger partial charge in [0.05, 0.1) is 11.4 Å². The largest absolute Gasteiger partial charge is 0.356 e. The molecule has 1 aromatic heterocycles. The van der Waals surface area contributed by atoms with Crippen LogP contribution >= 0.6 is 11.6 Å². The van der Waals surface area contributed by atoms with E-state index in [1.807, 2.05) is 24.3 Å². The Morgan fingerprint density at radius 2 is 1.80 bits per heavy atom. The Morgan fingerprint density at radius 1 is 1.10 bits per heavy atom. The number of hydrogen-bond acceptors (Lipinski definition) is 6. The molecule has 0 radical (unpaired) electrons. The SMILES string of the molecule is CN=C(NCCc1ccc(S(C)(=O)=O)cc1)NCc1nc(-c2ccc(Cl)cc2)no1. The van der Waals surface area contributed by atoms with Crippen LogP contribution in [0.15, 0.2) is 62.9 Å². The summed E-state index contributed by atoms with van der Waals surface area (Å²) in [6.45, 7) is 0.946. The molecule has 0 aliphatic carbocycles. The fourth-order valence-electron chi connectivity index (χ4n) is 2.65. The Labute approximate surface area is 180 Å². The van der Waals surface area contributed by atoms with Gasteiger partial charge in [0.25, 0.3) is 0 Å². The van der Waals surface area contributed by atoms with E-state index in [1.54, 1.807) is 31.3 Å². The molecule has 0 bridgehead atoms. The maximum Gasteiger partial charge on any atom is 0.246 e. The summed E-state index contributed by atoms with van der Waals surface area (Å²) < 4.78 is 28.3. The fraction of sp³-hybridized carbons (Fsp3) is 0.250. The molecule has 0 aliphatic heterocycles. The lowest BCUT2D eigenvalue weighted by molar-refractivity contribution is 0.375. The molecule has 0 unspecified atom stereocenters. The molecule has 0 saturated heterocycles. The summed E-state index contributed by atoms with van der Waals surface area (Å²) >= 11 is 5.89. The van der Waals surface area contributed by atoms with Crippen molar-refractivity contribution < 1.29 is 12.9 Å². The minimum Gasteiger partial charge on any atom is -0.356 e. The zero-order valence-corrected chi connectivity index (χ0v) is 18.2. The number of nitrogens with one attached hydrogen (secondary N) is 2. The number of hydrogen-bond donors (Lipinski definition) is 2. The van der Waals surface area contributed by atoms with Crippen LogP contribution in [0.1, 0.15) is 11.5 Å². The van der Waals surface area contributed by atoms with E-state index in [0.717, 1.165) is 11.1 Å². The Kier molecular flexibility index (Phi) is 7.07. The summed E-state index contributed by atoms with van der Waals surface area (Å²) in [5.41, 5.74) is 1.84. The van der Waals surface area contributed by atoms with Crippen LogP contribution in [-0.4, -0.2) is 44.4 Å². The molecule has 158 valence electrons. The third kappa shape index (κ3) is 6.04. The molecule has 3 rings (SSSR count). The normalized spacial score (nSPS) is 12.0. The predicted octanol–water partition coefficient (Wildman–Crippen LogP) is 2.70. The lowest BCUT2D eigenvalue weighted by atomic mass is 10.1. The number of guanidine groups is 1. The van der Waals surface area contributed by atoms with Gasteiger partial charge in [-0.1, -0.05) is 28.9 Å². The second-order valence-corrected chi connectivity index (χ2v) is 8.99. The van der Waals surface area contributed by atoms with Crippen LogP contribution in [0.25, 0.3) is 11.4 Å². The fourth-order valence-corrected chi connectivity index (χ4v) is 3.41. The molecule has 0 aliphatic rings. The highest BCUT2D eigenvalue weighted by Gasteiger charge is 2.10. The number of halogens is 1. The lowest BCUT2D eigenvalue weighted by Crippen LogP contribution is -2.37. The number of aliphatic imine (C=N–C) groups is 1. The highest BCUT2D eigenvalue weighted by Crippen LogP contribution is 2.18. The van der Waals surface area contributed by atoms with Crippen molar-refractivity contribution in [2.75, 3.05) is 19.8 Å². The van der Waals surface area contributed by atoms with Crippen molar-refractivity contribution >= 4 is 27.4 Å². The molecular weight excluding hydrogens is 426 g/mol. The molecule has 2 aromatic carbocycles. The minimum atomic E-state index is -3.18. The first-order valence-electron chi connectivity index (χ1n) is 9.17. The molecule has 8 nitrogen and oxygen atoms in total. The van der Waals surface area contributed by atoms with E-state index < -0.39 is 9.84 Å². The summed E-state index contributed by atoms with van der Waals surface area (Å²) in [5.74, 6) is 1.51. The number of nitrogens with zero attached hydrogens (tertiary/aromatic N) is 3. The molecular formula is C20H22ClN5O3S. The van der Waals surface area contributed by atoms with E-state index in [0.29, 0.717) is 47.1 Å². The van der Waals surface area contributed by atoms with Crippen LogP contribution in [0.5, 0.6) is 0 Å². The van der Waals surface area contributed by atoms with Gasteiger partial charge in [-0.25, -0.2) is 8.42 Å². The van der Waals surface area contributed by atoms with Crippen LogP contribution in [-0.2, 0) is 22.8 Å². The first kappa shape index (κ1) is 21.8. The van der Waals surface area contributed by atoms with Gasteiger partial charge in [-0.05, 0) is 48.4 Å². The van der Waals surface area contributed by atoms with Gasteiger partial charge in [0.2, 0.25) is 11.7 Å². The average Bonchev–Trinajstić information content (AvgIpc) is 3.20. The van der Waals surface area contributed by atoms with Gasteiger partial charge >= 0.3 is 0 Å². The smallest absolute Gasteiger partial charge is 0.246 e. The zero-order valence-electron chi connectivity index (χ0n) is 16.6. The molecule has 2 N–H and O–H groups in total. The molecule has 3 aromatic rings. The van der Waals surface area contributed by atoms with Crippen molar-refractivity contribution in [3.63, 3.8) is 0 Å². The van der Waals surface area contributed by atoms with E-state index in [1.165, 1.54) is 6.26 Å².